The third kappa shape index (κ3) is 11.6. The largest absolute Gasteiger partial charge is 0.463 e. The Bertz CT molecular complexity index is 265. The third-order valence-electron chi connectivity index (χ3n) is 2.54. The first-order chi connectivity index (χ1) is 9.10. The number of aliphatic imine (C=N–C) groups is 1. The maximum absolute atomic E-state index is 11.3. The minimum atomic E-state index is -0.180. The first-order valence-corrected chi connectivity index (χ1v) is 7.24. The zero-order valence-electron chi connectivity index (χ0n) is 12.8. The smallest absolute Gasteiger partial charge is 0.307 e. The molecule has 0 fully saturated rings. The van der Waals surface area contributed by atoms with Gasteiger partial charge in [-0.25, -0.2) is 0 Å². The lowest BCUT2D eigenvalue weighted by Gasteiger charge is -2.12. The lowest BCUT2D eigenvalue weighted by molar-refractivity contribution is -0.147. The zero-order chi connectivity index (χ0) is 14.5. The van der Waals surface area contributed by atoms with Gasteiger partial charge in [-0.05, 0) is 20.3 Å². The lowest BCUT2D eigenvalue weighted by Crippen LogP contribution is -2.38. The number of hydrogen-bond acceptors (Lipinski definition) is 3. The normalized spacial score (nSPS) is 11.5. The molecule has 0 aromatic carbocycles. The van der Waals surface area contributed by atoms with Gasteiger partial charge in [0.05, 0.1) is 12.5 Å². The highest BCUT2D eigenvalue weighted by molar-refractivity contribution is 5.80. The predicted molar refractivity (Wildman–Crippen MR) is 79.4 cm³/mol. The van der Waals surface area contributed by atoms with Crippen molar-refractivity contribution in [1.29, 1.82) is 0 Å². The summed E-state index contributed by atoms with van der Waals surface area (Å²) in [5.74, 6) is 0.565. The Morgan fingerprint density at radius 2 is 1.84 bits per heavy atom. The van der Waals surface area contributed by atoms with Crippen LogP contribution in [-0.2, 0) is 9.53 Å². The summed E-state index contributed by atoms with van der Waals surface area (Å²) in [4.78, 5) is 15.4. The Hall–Kier alpha value is -1.26. The highest BCUT2D eigenvalue weighted by Gasteiger charge is 2.05. The number of carbonyl (C=O) groups is 1. The van der Waals surface area contributed by atoms with Crippen molar-refractivity contribution in [1.82, 2.24) is 10.6 Å². The van der Waals surface area contributed by atoms with E-state index < -0.39 is 0 Å². The van der Waals surface area contributed by atoms with Crippen molar-refractivity contribution in [2.24, 2.45) is 4.99 Å². The zero-order valence-corrected chi connectivity index (χ0v) is 12.8. The highest BCUT2D eigenvalue weighted by atomic mass is 16.5. The van der Waals surface area contributed by atoms with Crippen LogP contribution in [0.5, 0.6) is 0 Å². The molecule has 0 amide bonds. The average molecular weight is 271 g/mol. The van der Waals surface area contributed by atoms with Crippen molar-refractivity contribution < 1.29 is 9.53 Å². The van der Waals surface area contributed by atoms with Gasteiger partial charge in [-0.1, -0.05) is 26.2 Å². The summed E-state index contributed by atoms with van der Waals surface area (Å²) >= 11 is 0. The van der Waals surface area contributed by atoms with Crippen molar-refractivity contribution in [3.05, 3.63) is 0 Å². The first-order valence-electron chi connectivity index (χ1n) is 7.24. The van der Waals surface area contributed by atoms with Gasteiger partial charge in [-0.2, -0.15) is 0 Å². The molecule has 0 aromatic heterocycles. The molecule has 0 aromatic rings. The summed E-state index contributed by atoms with van der Waals surface area (Å²) in [7, 11) is 1.73. The Balaban J connectivity index is 3.63. The van der Waals surface area contributed by atoms with E-state index in [9.17, 15) is 4.79 Å². The second kappa shape index (κ2) is 11.8. The second-order valence-electron chi connectivity index (χ2n) is 4.78. The molecule has 0 aliphatic rings. The average Bonchev–Trinajstić information content (AvgIpc) is 2.35. The maximum atomic E-state index is 11.3. The van der Waals surface area contributed by atoms with Crippen LogP contribution in [0.25, 0.3) is 0 Å². The monoisotopic (exact) mass is 271 g/mol. The molecule has 112 valence electrons. The molecule has 0 saturated carbocycles. The van der Waals surface area contributed by atoms with Crippen LogP contribution in [0.2, 0.25) is 0 Å². The van der Waals surface area contributed by atoms with Gasteiger partial charge >= 0.3 is 5.97 Å². The van der Waals surface area contributed by atoms with Crippen molar-refractivity contribution in [3.8, 4) is 0 Å². The van der Waals surface area contributed by atoms with E-state index >= 15 is 0 Å². The van der Waals surface area contributed by atoms with Crippen molar-refractivity contribution in [3.63, 3.8) is 0 Å². The van der Waals surface area contributed by atoms with E-state index in [2.05, 4.69) is 22.5 Å². The van der Waals surface area contributed by atoms with Crippen LogP contribution in [0.4, 0.5) is 0 Å². The number of rotatable bonds is 9. The molecule has 0 aliphatic carbocycles. The standard InChI is InChI=1S/C14H29N3O2/c1-5-6-7-8-10-16-14(15-4)17-11-9-13(18)19-12(2)3/h12H,5-11H2,1-4H3,(H2,15,16,17). The van der Waals surface area contributed by atoms with Crippen LogP contribution >= 0.6 is 0 Å². The fourth-order valence-electron chi connectivity index (χ4n) is 1.58. The summed E-state index contributed by atoms with van der Waals surface area (Å²) in [5.41, 5.74) is 0. The predicted octanol–water partition coefficient (Wildman–Crippen LogP) is 2.07. The number of guanidine groups is 1. The molecule has 0 unspecified atom stereocenters. The molecule has 0 heterocycles. The highest BCUT2D eigenvalue weighted by Crippen LogP contribution is 1.97. The fourth-order valence-corrected chi connectivity index (χ4v) is 1.58. The van der Waals surface area contributed by atoms with E-state index in [1.165, 1.54) is 19.3 Å². The van der Waals surface area contributed by atoms with Gasteiger partial charge < -0.3 is 15.4 Å². The van der Waals surface area contributed by atoms with Crippen LogP contribution in [0.1, 0.15) is 52.9 Å². The van der Waals surface area contributed by atoms with E-state index in [0.717, 1.165) is 18.9 Å². The Morgan fingerprint density at radius 1 is 1.16 bits per heavy atom. The molecule has 0 aliphatic heterocycles. The summed E-state index contributed by atoms with van der Waals surface area (Å²) < 4.78 is 5.05. The number of ether oxygens (including phenoxy) is 1. The van der Waals surface area contributed by atoms with Gasteiger partial charge in [0.1, 0.15) is 0 Å². The molecule has 0 bridgehead atoms. The summed E-state index contributed by atoms with van der Waals surface area (Å²) in [5, 5.41) is 6.33. The third-order valence-corrected chi connectivity index (χ3v) is 2.54. The van der Waals surface area contributed by atoms with Gasteiger partial charge in [0.2, 0.25) is 0 Å². The van der Waals surface area contributed by atoms with E-state index in [1.807, 2.05) is 13.8 Å². The van der Waals surface area contributed by atoms with Crippen molar-refractivity contribution in [2.45, 2.75) is 59.0 Å². The van der Waals surface area contributed by atoms with E-state index in [0.29, 0.717) is 13.0 Å². The molecule has 0 rings (SSSR count). The SMILES string of the molecule is CCCCCCNC(=NC)NCCC(=O)OC(C)C. The number of esters is 1. The number of hydrogen-bond donors (Lipinski definition) is 2. The molecule has 5 nitrogen and oxygen atoms in total. The summed E-state index contributed by atoms with van der Waals surface area (Å²) in [6, 6.07) is 0. The first kappa shape index (κ1) is 17.7. The topological polar surface area (TPSA) is 62.7 Å². The van der Waals surface area contributed by atoms with Gasteiger partial charge in [0.25, 0.3) is 0 Å². The van der Waals surface area contributed by atoms with Crippen LogP contribution in [0.15, 0.2) is 4.99 Å². The minimum absolute atomic E-state index is 0.0523. The van der Waals surface area contributed by atoms with Crippen molar-refractivity contribution >= 4 is 11.9 Å². The van der Waals surface area contributed by atoms with Gasteiger partial charge in [0.15, 0.2) is 5.96 Å². The fraction of sp³-hybridized carbons (Fsp3) is 0.857. The molecule has 0 radical (unpaired) electrons. The Kier molecular flexibility index (Phi) is 11.0. The molecule has 0 saturated heterocycles. The van der Waals surface area contributed by atoms with Gasteiger partial charge in [-0.15, -0.1) is 0 Å². The number of nitrogens with zero attached hydrogens (tertiary/aromatic N) is 1. The molecule has 0 atom stereocenters. The van der Waals surface area contributed by atoms with Gasteiger partial charge in [-0.3, -0.25) is 9.79 Å². The van der Waals surface area contributed by atoms with Crippen molar-refractivity contribution in [2.75, 3.05) is 20.1 Å². The van der Waals surface area contributed by atoms with Gasteiger partial charge in [0, 0.05) is 20.1 Å². The lowest BCUT2D eigenvalue weighted by atomic mass is 10.2. The van der Waals surface area contributed by atoms with E-state index in [-0.39, 0.29) is 12.1 Å². The Labute approximate surface area is 117 Å². The van der Waals surface area contributed by atoms with Crippen LogP contribution in [-0.4, -0.2) is 38.2 Å². The van der Waals surface area contributed by atoms with E-state index in [1.54, 1.807) is 7.05 Å². The molecule has 19 heavy (non-hydrogen) atoms. The molecular weight excluding hydrogens is 242 g/mol. The quantitative estimate of drug-likeness (QED) is 0.292. The second-order valence-corrected chi connectivity index (χ2v) is 4.78. The molecular formula is C14H29N3O2. The van der Waals surface area contributed by atoms with E-state index in [4.69, 9.17) is 4.74 Å². The maximum Gasteiger partial charge on any atom is 0.307 e. The number of nitrogens with one attached hydrogen (secondary N) is 2. The molecule has 5 heteroatoms. The van der Waals surface area contributed by atoms with Crippen LogP contribution in [0.3, 0.4) is 0 Å². The van der Waals surface area contributed by atoms with Crippen LogP contribution < -0.4 is 10.6 Å². The molecule has 2 N–H and O–H groups in total. The summed E-state index contributed by atoms with van der Waals surface area (Å²) in [6.07, 6.45) is 5.20. The summed E-state index contributed by atoms with van der Waals surface area (Å²) in [6.45, 7) is 7.35. The Morgan fingerprint density at radius 3 is 2.42 bits per heavy atom. The number of unbranched alkanes of at least 4 members (excludes halogenated alkanes) is 3. The number of carbonyl (C=O) groups excluding carboxylic acids is 1. The minimum Gasteiger partial charge on any atom is -0.463 e. The van der Waals surface area contributed by atoms with Crippen LogP contribution in [0, 0.1) is 0 Å². The molecule has 0 spiro atoms.